The number of rotatable bonds is 2. The number of hydrogen-bond donors (Lipinski definition) is 1. The molecule has 96 valence electrons. The molecule has 1 N–H and O–H groups in total. The van der Waals surface area contributed by atoms with Crippen LogP contribution in [0.4, 0.5) is 13.2 Å². The molecule has 1 aromatic carbocycles. The second kappa shape index (κ2) is 4.36. The molecule has 0 aliphatic heterocycles. The predicted molar refractivity (Wildman–Crippen MR) is 60.3 cm³/mol. The smallest absolute Gasteiger partial charge is 0.291 e. The molecule has 0 unspecified atom stereocenters. The van der Waals surface area contributed by atoms with Crippen molar-refractivity contribution >= 4 is 0 Å². The summed E-state index contributed by atoms with van der Waals surface area (Å²) in [6.07, 6.45) is -4.53. The van der Waals surface area contributed by atoms with Crippen molar-refractivity contribution in [3.8, 4) is 0 Å². The van der Waals surface area contributed by atoms with Gasteiger partial charge >= 0.3 is 6.18 Å². The van der Waals surface area contributed by atoms with Gasteiger partial charge in [0, 0.05) is 6.07 Å². The molecule has 3 nitrogen and oxygen atoms in total. The first-order valence-corrected chi connectivity index (χ1v) is 5.29. The van der Waals surface area contributed by atoms with E-state index in [1.165, 1.54) is 0 Å². The van der Waals surface area contributed by atoms with Gasteiger partial charge in [-0.2, -0.15) is 13.2 Å². The summed E-state index contributed by atoms with van der Waals surface area (Å²) in [5.74, 6) is 0. The third kappa shape index (κ3) is 2.47. The van der Waals surface area contributed by atoms with Crippen LogP contribution in [-0.2, 0) is 12.7 Å². The number of benzene rings is 1. The summed E-state index contributed by atoms with van der Waals surface area (Å²) in [6.45, 7) is 1.94. The van der Waals surface area contributed by atoms with Gasteiger partial charge in [-0.1, -0.05) is 24.3 Å². The second-order valence-electron chi connectivity index (χ2n) is 4.02. The summed E-state index contributed by atoms with van der Waals surface area (Å²) in [4.78, 5) is 11.4. The summed E-state index contributed by atoms with van der Waals surface area (Å²) < 4.78 is 38.2. The van der Waals surface area contributed by atoms with E-state index in [0.29, 0.717) is 6.07 Å². The molecule has 1 aromatic heterocycles. The summed E-state index contributed by atoms with van der Waals surface area (Å²) in [5.41, 5.74) is 0.00870. The molecule has 0 atom stereocenters. The number of H-pyrrole nitrogens is 1. The van der Waals surface area contributed by atoms with Gasteiger partial charge in [-0.25, -0.2) is 4.68 Å². The summed E-state index contributed by atoms with van der Waals surface area (Å²) in [6, 6.07) is 7.79. The number of aryl methyl sites for hydroxylation is 1. The van der Waals surface area contributed by atoms with E-state index < -0.39 is 17.4 Å². The fourth-order valence-corrected chi connectivity index (χ4v) is 1.65. The molecule has 0 bridgehead atoms. The highest BCUT2D eigenvalue weighted by atomic mass is 19.4. The van der Waals surface area contributed by atoms with Crippen LogP contribution in [0.15, 0.2) is 35.1 Å². The SMILES string of the molecule is Cc1ccccc1Cn1[nH]c(C(F)(F)F)cc1=O. The minimum Gasteiger partial charge on any atom is -0.291 e. The summed E-state index contributed by atoms with van der Waals surface area (Å²) in [7, 11) is 0. The fraction of sp³-hybridized carbons (Fsp3) is 0.250. The maximum atomic E-state index is 12.4. The van der Waals surface area contributed by atoms with Gasteiger partial charge in [0.05, 0.1) is 6.54 Å². The Bertz CT molecular complexity index is 610. The van der Waals surface area contributed by atoms with Gasteiger partial charge < -0.3 is 0 Å². The molecule has 2 rings (SSSR count). The highest BCUT2D eigenvalue weighted by Gasteiger charge is 2.33. The van der Waals surface area contributed by atoms with Crippen LogP contribution in [0.1, 0.15) is 16.8 Å². The number of alkyl halides is 3. The van der Waals surface area contributed by atoms with Crippen molar-refractivity contribution in [3.63, 3.8) is 0 Å². The number of hydrogen-bond acceptors (Lipinski definition) is 1. The van der Waals surface area contributed by atoms with E-state index in [9.17, 15) is 18.0 Å². The van der Waals surface area contributed by atoms with E-state index in [1.54, 1.807) is 12.1 Å². The van der Waals surface area contributed by atoms with Crippen molar-refractivity contribution in [1.29, 1.82) is 0 Å². The van der Waals surface area contributed by atoms with Gasteiger partial charge in [-0.3, -0.25) is 9.89 Å². The zero-order chi connectivity index (χ0) is 13.3. The normalized spacial score (nSPS) is 11.8. The van der Waals surface area contributed by atoms with Gasteiger partial charge in [-0.05, 0) is 18.1 Å². The minimum absolute atomic E-state index is 0.0988. The molecule has 0 amide bonds. The summed E-state index contributed by atoms with van der Waals surface area (Å²) in [5, 5.41) is 2.08. The van der Waals surface area contributed by atoms with E-state index in [0.717, 1.165) is 15.8 Å². The molecule has 6 heteroatoms. The number of aromatic nitrogens is 2. The Labute approximate surface area is 101 Å². The van der Waals surface area contributed by atoms with E-state index >= 15 is 0 Å². The number of nitrogens with zero attached hydrogens (tertiary/aromatic N) is 1. The lowest BCUT2D eigenvalue weighted by Gasteiger charge is -2.06. The molecular weight excluding hydrogens is 245 g/mol. The van der Waals surface area contributed by atoms with E-state index in [1.807, 2.05) is 19.1 Å². The molecule has 0 aliphatic carbocycles. The van der Waals surface area contributed by atoms with Gasteiger partial charge in [0.15, 0.2) is 0 Å². The molecular formula is C12H11F3N2O. The van der Waals surface area contributed by atoms with Crippen molar-refractivity contribution in [1.82, 2.24) is 9.78 Å². The second-order valence-corrected chi connectivity index (χ2v) is 4.02. The Balaban J connectivity index is 2.34. The highest BCUT2D eigenvalue weighted by Crippen LogP contribution is 2.26. The molecule has 0 fully saturated rings. The average Bonchev–Trinajstić information content (AvgIpc) is 2.63. The Hall–Kier alpha value is -1.98. The Morgan fingerprint density at radius 1 is 1.28 bits per heavy atom. The first-order valence-electron chi connectivity index (χ1n) is 5.29. The van der Waals surface area contributed by atoms with E-state index in [2.05, 4.69) is 5.10 Å². The maximum Gasteiger partial charge on any atom is 0.432 e. The fourth-order valence-electron chi connectivity index (χ4n) is 1.65. The van der Waals surface area contributed by atoms with Crippen LogP contribution in [0.25, 0.3) is 0 Å². The molecule has 1 heterocycles. The molecule has 2 aromatic rings. The van der Waals surface area contributed by atoms with Gasteiger partial charge in [0.25, 0.3) is 5.56 Å². The van der Waals surface area contributed by atoms with Gasteiger partial charge in [-0.15, -0.1) is 0 Å². The van der Waals surface area contributed by atoms with Gasteiger partial charge in [0.1, 0.15) is 5.69 Å². The van der Waals surface area contributed by atoms with Crippen molar-refractivity contribution in [3.05, 3.63) is 57.5 Å². The first kappa shape index (κ1) is 12.5. The predicted octanol–water partition coefficient (Wildman–Crippen LogP) is 2.55. The first-order chi connectivity index (χ1) is 8.38. The van der Waals surface area contributed by atoms with Crippen LogP contribution in [0.3, 0.4) is 0 Å². The van der Waals surface area contributed by atoms with Crippen molar-refractivity contribution in [2.24, 2.45) is 0 Å². The largest absolute Gasteiger partial charge is 0.432 e. The molecule has 0 spiro atoms. The van der Waals surface area contributed by atoms with E-state index in [-0.39, 0.29) is 6.54 Å². The zero-order valence-electron chi connectivity index (χ0n) is 9.58. The topological polar surface area (TPSA) is 37.8 Å². The quantitative estimate of drug-likeness (QED) is 0.881. The lowest BCUT2D eigenvalue weighted by molar-refractivity contribution is -0.141. The van der Waals surface area contributed by atoms with Crippen molar-refractivity contribution in [2.75, 3.05) is 0 Å². The molecule has 0 saturated heterocycles. The molecule has 0 aliphatic rings. The highest BCUT2D eigenvalue weighted by molar-refractivity contribution is 5.25. The lowest BCUT2D eigenvalue weighted by Crippen LogP contribution is -2.17. The third-order valence-corrected chi connectivity index (χ3v) is 2.68. The van der Waals surface area contributed by atoms with Crippen LogP contribution in [0.2, 0.25) is 0 Å². The van der Waals surface area contributed by atoms with E-state index in [4.69, 9.17) is 0 Å². The molecule has 18 heavy (non-hydrogen) atoms. The minimum atomic E-state index is -4.53. The monoisotopic (exact) mass is 256 g/mol. The van der Waals surface area contributed by atoms with Crippen LogP contribution >= 0.6 is 0 Å². The van der Waals surface area contributed by atoms with Crippen LogP contribution < -0.4 is 5.56 Å². The lowest BCUT2D eigenvalue weighted by atomic mass is 10.1. The number of nitrogens with one attached hydrogen (secondary N) is 1. The van der Waals surface area contributed by atoms with Crippen LogP contribution in [0.5, 0.6) is 0 Å². The number of aromatic amines is 1. The van der Waals surface area contributed by atoms with Crippen LogP contribution in [0, 0.1) is 6.92 Å². The average molecular weight is 256 g/mol. The van der Waals surface area contributed by atoms with Gasteiger partial charge in [0.2, 0.25) is 0 Å². The third-order valence-electron chi connectivity index (χ3n) is 2.68. The van der Waals surface area contributed by atoms with Crippen molar-refractivity contribution < 1.29 is 13.2 Å². The Morgan fingerprint density at radius 3 is 2.50 bits per heavy atom. The summed E-state index contributed by atoms with van der Waals surface area (Å²) >= 11 is 0. The number of halogens is 3. The van der Waals surface area contributed by atoms with Crippen LogP contribution in [-0.4, -0.2) is 9.78 Å². The zero-order valence-corrected chi connectivity index (χ0v) is 9.58. The Morgan fingerprint density at radius 2 is 1.94 bits per heavy atom. The standard InChI is InChI=1S/C12H11F3N2O/c1-8-4-2-3-5-9(8)7-17-11(18)6-10(16-17)12(13,14)15/h2-6,16H,7H2,1H3. The van der Waals surface area contributed by atoms with Crippen molar-refractivity contribution in [2.45, 2.75) is 19.6 Å². The molecule has 0 saturated carbocycles. The maximum absolute atomic E-state index is 12.4. The molecule has 0 radical (unpaired) electrons. The Kier molecular flexibility index (Phi) is 3.02.